The summed E-state index contributed by atoms with van der Waals surface area (Å²) in [5, 5.41) is 1.25. The number of aromatic amines is 1. The number of amides is 1. The number of piperazine rings is 1. The van der Waals surface area contributed by atoms with Gasteiger partial charge < -0.3 is 24.3 Å². The second-order valence-electron chi connectivity index (χ2n) is 8.80. The van der Waals surface area contributed by atoms with E-state index in [0.717, 1.165) is 43.1 Å². The first-order valence-electron chi connectivity index (χ1n) is 11.8. The number of anilines is 1. The molecule has 1 N–H and O–H groups in total. The van der Waals surface area contributed by atoms with Crippen LogP contribution in [0.4, 0.5) is 5.69 Å². The fourth-order valence-corrected chi connectivity index (χ4v) is 5.08. The van der Waals surface area contributed by atoms with E-state index in [1.807, 2.05) is 29.2 Å². The maximum atomic E-state index is 13.0. The summed E-state index contributed by atoms with van der Waals surface area (Å²) in [5.74, 6) is 1.36. The Labute approximate surface area is 213 Å². The minimum absolute atomic E-state index is 0.143. The molecule has 2 aromatic carbocycles. The fraction of sp³-hybridized carbons (Fsp3) is 0.400. The van der Waals surface area contributed by atoms with Crippen LogP contribution in [0.15, 0.2) is 41.2 Å². The van der Waals surface area contributed by atoms with Crippen LogP contribution in [0.1, 0.15) is 25.7 Å². The van der Waals surface area contributed by atoms with Crippen LogP contribution in [0, 0.1) is 4.77 Å². The lowest BCUT2D eigenvalue weighted by molar-refractivity contribution is -0.131. The molecule has 2 aliphatic rings. The molecule has 8 nitrogen and oxygen atoms in total. The van der Waals surface area contributed by atoms with E-state index in [9.17, 15) is 9.59 Å². The third-order valence-corrected chi connectivity index (χ3v) is 7.11. The molecule has 3 aromatic rings. The van der Waals surface area contributed by atoms with Gasteiger partial charge in [0.05, 0.1) is 10.9 Å². The van der Waals surface area contributed by atoms with Crippen LogP contribution in [0.5, 0.6) is 11.5 Å². The van der Waals surface area contributed by atoms with Crippen LogP contribution in [-0.2, 0) is 11.3 Å². The summed E-state index contributed by atoms with van der Waals surface area (Å²) < 4.78 is 12.7. The van der Waals surface area contributed by atoms with Crippen molar-refractivity contribution in [2.45, 2.75) is 32.2 Å². The lowest BCUT2D eigenvalue weighted by Crippen LogP contribution is -2.48. The van der Waals surface area contributed by atoms with Gasteiger partial charge in [-0.3, -0.25) is 14.2 Å². The van der Waals surface area contributed by atoms with Gasteiger partial charge in [-0.15, -0.1) is 0 Å². The Morgan fingerprint density at radius 1 is 1.03 bits per heavy atom. The molecule has 0 bridgehead atoms. The summed E-state index contributed by atoms with van der Waals surface area (Å²) in [5.41, 5.74) is 1.59. The molecule has 0 unspecified atom stereocenters. The van der Waals surface area contributed by atoms with Gasteiger partial charge in [-0.1, -0.05) is 24.1 Å². The van der Waals surface area contributed by atoms with Crippen molar-refractivity contribution in [3.8, 4) is 11.5 Å². The standard InChI is InChI=1S/C25H27ClN4O4S/c26-17-5-4-6-18(13-17)28-9-11-29(12-10-28)23(31)7-2-1-3-8-30-24(32)19-14-21-22(34-16-33-21)15-20(19)27-25(30)35/h4-6,13-15H,1-3,7-12,16H2,(H,27,35). The van der Waals surface area contributed by atoms with E-state index >= 15 is 0 Å². The molecule has 0 radical (unpaired) electrons. The molecule has 5 rings (SSSR count). The maximum absolute atomic E-state index is 13.0. The van der Waals surface area contributed by atoms with Crippen molar-refractivity contribution in [2.75, 3.05) is 37.9 Å². The van der Waals surface area contributed by atoms with Crippen molar-refractivity contribution in [3.63, 3.8) is 0 Å². The second kappa shape index (κ2) is 10.3. The van der Waals surface area contributed by atoms with E-state index in [2.05, 4.69) is 9.88 Å². The average Bonchev–Trinajstić information content (AvgIpc) is 3.32. The van der Waals surface area contributed by atoms with Crippen LogP contribution in [-0.4, -0.2) is 53.3 Å². The number of hydrogen-bond donors (Lipinski definition) is 1. The number of carbonyl (C=O) groups excluding carboxylic acids is 1. The Balaban J connectivity index is 1.09. The molecule has 35 heavy (non-hydrogen) atoms. The molecule has 10 heteroatoms. The predicted octanol–water partition coefficient (Wildman–Crippen LogP) is 4.35. The van der Waals surface area contributed by atoms with Crippen LogP contribution in [0.2, 0.25) is 5.02 Å². The number of carbonyl (C=O) groups is 1. The van der Waals surface area contributed by atoms with Gasteiger partial charge >= 0.3 is 0 Å². The Morgan fingerprint density at radius 2 is 1.80 bits per heavy atom. The molecule has 2 aliphatic heterocycles. The van der Waals surface area contributed by atoms with Crippen molar-refractivity contribution in [1.82, 2.24) is 14.5 Å². The van der Waals surface area contributed by atoms with E-state index in [4.69, 9.17) is 33.3 Å². The number of fused-ring (bicyclic) bond motifs is 2. The number of rotatable bonds is 7. The van der Waals surface area contributed by atoms with Crippen molar-refractivity contribution in [2.24, 2.45) is 0 Å². The SMILES string of the molecule is O=C(CCCCCn1c(=S)[nH]c2cc3c(cc2c1=O)OCO3)N1CCN(c2cccc(Cl)c2)CC1. The average molecular weight is 515 g/mol. The highest BCUT2D eigenvalue weighted by Crippen LogP contribution is 2.34. The molecule has 1 saturated heterocycles. The minimum Gasteiger partial charge on any atom is -0.454 e. The summed E-state index contributed by atoms with van der Waals surface area (Å²) in [4.78, 5) is 33.0. The van der Waals surface area contributed by atoms with Crippen molar-refractivity contribution in [1.29, 1.82) is 0 Å². The highest BCUT2D eigenvalue weighted by Gasteiger charge is 2.21. The van der Waals surface area contributed by atoms with Gasteiger partial charge in [-0.25, -0.2) is 0 Å². The first kappa shape index (κ1) is 23.7. The first-order valence-corrected chi connectivity index (χ1v) is 12.6. The van der Waals surface area contributed by atoms with Crippen molar-refractivity contribution >= 4 is 46.3 Å². The third kappa shape index (κ3) is 5.16. The van der Waals surface area contributed by atoms with Crippen LogP contribution < -0.4 is 19.9 Å². The normalized spacial score (nSPS) is 15.1. The van der Waals surface area contributed by atoms with Gasteiger partial charge in [0.25, 0.3) is 5.56 Å². The molecule has 0 spiro atoms. The number of benzene rings is 2. The summed E-state index contributed by atoms with van der Waals surface area (Å²) >= 11 is 11.5. The van der Waals surface area contributed by atoms with Gasteiger partial charge in [-0.05, 0) is 49.3 Å². The number of aromatic nitrogens is 2. The zero-order valence-corrected chi connectivity index (χ0v) is 20.9. The molecule has 0 aliphatic carbocycles. The van der Waals surface area contributed by atoms with E-state index < -0.39 is 0 Å². The number of ether oxygens (including phenoxy) is 2. The van der Waals surface area contributed by atoms with E-state index in [1.165, 1.54) is 0 Å². The lowest BCUT2D eigenvalue weighted by Gasteiger charge is -2.36. The monoisotopic (exact) mass is 514 g/mol. The molecular formula is C25H27ClN4O4S. The second-order valence-corrected chi connectivity index (χ2v) is 9.62. The largest absolute Gasteiger partial charge is 0.454 e. The Morgan fingerprint density at radius 3 is 2.57 bits per heavy atom. The van der Waals surface area contributed by atoms with E-state index in [1.54, 1.807) is 16.7 Å². The molecule has 0 saturated carbocycles. The highest BCUT2D eigenvalue weighted by atomic mass is 35.5. The van der Waals surface area contributed by atoms with Crippen molar-refractivity contribution in [3.05, 3.63) is 56.5 Å². The molecule has 184 valence electrons. The predicted molar refractivity (Wildman–Crippen MR) is 138 cm³/mol. The van der Waals surface area contributed by atoms with Gasteiger partial charge in [0.2, 0.25) is 12.7 Å². The Hall–Kier alpha value is -3.04. The summed E-state index contributed by atoms with van der Waals surface area (Å²) in [7, 11) is 0. The maximum Gasteiger partial charge on any atom is 0.262 e. The van der Waals surface area contributed by atoms with Crippen molar-refractivity contribution < 1.29 is 14.3 Å². The molecule has 3 heterocycles. The summed E-state index contributed by atoms with van der Waals surface area (Å²) in [6.45, 7) is 3.68. The van der Waals surface area contributed by atoms with Gasteiger partial charge in [0, 0.05) is 55.9 Å². The summed E-state index contributed by atoms with van der Waals surface area (Å²) in [6, 6.07) is 11.3. The quantitative estimate of drug-likeness (QED) is 0.373. The summed E-state index contributed by atoms with van der Waals surface area (Å²) in [6.07, 6.45) is 2.91. The van der Waals surface area contributed by atoms with Gasteiger partial charge in [0.15, 0.2) is 16.3 Å². The van der Waals surface area contributed by atoms with E-state index in [0.29, 0.717) is 53.2 Å². The molecule has 1 amide bonds. The number of nitrogens with one attached hydrogen (secondary N) is 1. The Kier molecular flexibility index (Phi) is 6.97. The molecule has 1 fully saturated rings. The minimum atomic E-state index is -0.143. The Bertz CT molecular complexity index is 1360. The number of nitrogens with zero attached hydrogens (tertiary/aromatic N) is 3. The third-order valence-electron chi connectivity index (χ3n) is 6.55. The molecule has 1 aromatic heterocycles. The van der Waals surface area contributed by atoms with Crippen LogP contribution >= 0.6 is 23.8 Å². The van der Waals surface area contributed by atoms with Crippen LogP contribution in [0.25, 0.3) is 10.9 Å². The number of unbranched alkanes of at least 4 members (excludes halogenated alkanes) is 2. The van der Waals surface area contributed by atoms with Gasteiger partial charge in [-0.2, -0.15) is 0 Å². The van der Waals surface area contributed by atoms with Gasteiger partial charge in [0.1, 0.15) is 0 Å². The smallest absolute Gasteiger partial charge is 0.262 e. The van der Waals surface area contributed by atoms with E-state index in [-0.39, 0.29) is 18.3 Å². The first-order chi connectivity index (χ1) is 17.0. The number of H-pyrrole nitrogens is 1. The molecular weight excluding hydrogens is 488 g/mol. The molecule has 0 atom stereocenters. The number of halogens is 1. The lowest BCUT2D eigenvalue weighted by atomic mass is 10.1. The topological polar surface area (TPSA) is 79.8 Å². The van der Waals surface area contributed by atoms with Crippen LogP contribution in [0.3, 0.4) is 0 Å². The zero-order chi connectivity index (χ0) is 24.4. The fourth-order valence-electron chi connectivity index (χ4n) is 4.61. The highest BCUT2D eigenvalue weighted by molar-refractivity contribution is 7.71. The zero-order valence-electron chi connectivity index (χ0n) is 19.3. The number of hydrogen-bond acceptors (Lipinski definition) is 6.